The summed E-state index contributed by atoms with van der Waals surface area (Å²) in [5.74, 6) is -0.0333. The summed E-state index contributed by atoms with van der Waals surface area (Å²) >= 11 is 0. The maximum Gasteiger partial charge on any atom is 0.238 e. The van der Waals surface area contributed by atoms with Crippen molar-refractivity contribution in [2.45, 2.75) is 18.2 Å². The summed E-state index contributed by atoms with van der Waals surface area (Å²) in [4.78, 5) is -0.00463. The molecule has 5 heteroatoms. The second kappa shape index (κ2) is 3.35. The molecule has 13 heavy (non-hydrogen) atoms. The molecule has 0 saturated carbocycles. The first-order valence-corrected chi connectivity index (χ1v) is 5.35. The average Bonchev–Trinajstić information content (AvgIpc) is 2.02. The number of primary sulfonamides is 1. The molecule has 4 nitrogen and oxygen atoms in total. The van der Waals surface area contributed by atoms with Crippen LogP contribution in [0.25, 0.3) is 0 Å². The van der Waals surface area contributed by atoms with Gasteiger partial charge >= 0.3 is 0 Å². The Labute approximate surface area is 77.1 Å². The second-order valence-electron chi connectivity index (χ2n) is 2.65. The molecule has 0 amide bonds. The lowest BCUT2D eigenvalue weighted by molar-refractivity contribution is 0.465. The topological polar surface area (TPSA) is 80.4 Å². The predicted molar refractivity (Wildman–Crippen MR) is 48.9 cm³/mol. The Morgan fingerprint density at radius 3 is 2.46 bits per heavy atom. The third kappa shape index (κ3) is 1.99. The van der Waals surface area contributed by atoms with Gasteiger partial charge in [0.25, 0.3) is 0 Å². The van der Waals surface area contributed by atoms with E-state index in [0.717, 1.165) is 0 Å². The summed E-state index contributed by atoms with van der Waals surface area (Å²) in [6.07, 6.45) is 0.429. The lowest BCUT2D eigenvalue weighted by Crippen LogP contribution is -2.14. The third-order valence-electron chi connectivity index (χ3n) is 1.77. The predicted octanol–water partition coefficient (Wildman–Crippen LogP) is 0.602. The number of phenols is 1. The van der Waals surface area contributed by atoms with Crippen molar-refractivity contribution in [3.05, 3.63) is 23.8 Å². The van der Waals surface area contributed by atoms with Gasteiger partial charge in [-0.05, 0) is 18.6 Å². The lowest BCUT2D eigenvalue weighted by Gasteiger charge is -2.06. The number of hydrogen-bond acceptors (Lipinski definition) is 3. The van der Waals surface area contributed by atoms with Crippen LogP contribution in [0.5, 0.6) is 5.75 Å². The molecule has 0 saturated heterocycles. The Bertz CT molecular complexity index is 411. The molecule has 0 heterocycles. The maximum absolute atomic E-state index is 11.0. The number of hydrogen-bond donors (Lipinski definition) is 2. The Morgan fingerprint density at radius 1 is 1.46 bits per heavy atom. The van der Waals surface area contributed by atoms with Gasteiger partial charge in [-0.25, -0.2) is 13.6 Å². The Hall–Kier alpha value is -1.07. The SMILES string of the molecule is CCc1c(O)cccc1S(N)(=O)=O. The number of benzene rings is 1. The highest BCUT2D eigenvalue weighted by Gasteiger charge is 2.14. The van der Waals surface area contributed by atoms with Crippen LogP contribution >= 0.6 is 0 Å². The quantitative estimate of drug-likeness (QED) is 0.735. The molecule has 72 valence electrons. The van der Waals surface area contributed by atoms with Crippen molar-refractivity contribution in [2.24, 2.45) is 5.14 Å². The fourth-order valence-corrected chi connectivity index (χ4v) is 2.04. The maximum atomic E-state index is 11.0. The molecular formula is C8H11NO3S. The Kier molecular flexibility index (Phi) is 2.58. The fraction of sp³-hybridized carbons (Fsp3) is 0.250. The largest absolute Gasteiger partial charge is 0.508 e. The molecule has 0 aliphatic heterocycles. The first-order valence-electron chi connectivity index (χ1n) is 3.80. The van der Waals surface area contributed by atoms with Crippen LogP contribution in [0, 0.1) is 0 Å². The number of aromatic hydroxyl groups is 1. The minimum Gasteiger partial charge on any atom is -0.508 e. The van der Waals surface area contributed by atoms with E-state index < -0.39 is 10.0 Å². The molecule has 0 aliphatic carbocycles. The van der Waals surface area contributed by atoms with Gasteiger partial charge in [-0.2, -0.15) is 0 Å². The van der Waals surface area contributed by atoms with E-state index >= 15 is 0 Å². The summed E-state index contributed by atoms with van der Waals surface area (Å²) in [5, 5.41) is 14.3. The number of phenolic OH excluding ortho intramolecular Hbond substituents is 1. The molecule has 1 aromatic carbocycles. The van der Waals surface area contributed by atoms with E-state index in [2.05, 4.69) is 0 Å². The summed E-state index contributed by atoms with van der Waals surface area (Å²) in [6, 6.07) is 4.27. The van der Waals surface area contributed by atoms with Crippen molar-refractivity contribution < 1.29 is 13.5 Å². The van der Waals surface area contributed by atoms with Gasteiger partial charge in [-0.3, -0.25) is 0 Å². The van der Waals surface area contributed by atoms with Gasteiger partial charge < -0.3 is 5.11 Å². The number of nitrogens with two attached hydrogens (primary N) is 1. The normalized spacial score (nSPS) is 11.5. The first kappa shape index (κ1) is 10.0. The van der Waals surface area contributed by atoms with Gasteiger partial charge in [0.2, 0.25) is 10.0 Å². The van der Waals surface area contributed by atoms with Crippen LogP contribution in [-0.2, 0) is 16.4 Å². The summed E-state index contributed by atoms with van der Waals surface area (Å²) in [5.41, 5.74) is 0.366. The van der Waals surface area contributed by atoms with Gasteiger partial charge in [0.15, 0.2) is 0 Å². The molecule has 0 bridgehead atoms. The van der Waals surface area contributed by atoms with Crippen LogP contribution < -0.4 is 5.14 Å². The zero-order chi connectivity index (χ0) is 10.1. The van der Waals surface area contributed by atoms with Gasteiger partial charge in [-0.1, -0.05) is 13.0 Å². The van der Waals surface area contributed by atoms with Crippen molar-refractivity contribution >= 4 is 10.0 Å². The first-order chi connectivity index (χ1) is 5.96. The molecule has 0 aliphatic rings. The average molecular weight is 201 g/mol. The van der Waals surface area contributed by atoms with Crippen LogP contribution in [0.15, 0.2) is 23.1 Å². The minimum absolute atomic E-state index is 0.00463. The highest BCUT2D eigenvalue weighted by molar-refractivity contribution is 7.89. The van der Waals surface area contributed by atoms with Crippen molar-refractivity contribution in [1.82, 2.24) is 0 Å². The monoisotopic (exact) mass is 201 g/mol. The third-order valence-corrected chi connectivity index (χ3v) is 2.76. The minimum atomic E-state index is -3.73. The second-order valence-corrected chi connectivity index (χ2v) is 4.18. The molecule has 3 N–H and O–H groups in total. The molecule has 1 aromatic rings. The molecule has 0 unspecified atom stereocenters. The van der Waals surface area contributed by atoms with E-state index in [1.165, 1.54) is 18.2 Å². The Morgan fingerprint density at radius 2 is 2.08 bits per heavy atom. The molecule has 0 aromatic heterocycles. The van der Waals surface area contributed by atoms with Crippen LogP contribution in [0.1, 0.15) is 12.5 Å². The summed E-state index contributed by atoms with van der Waals surface area (Å²) in [6.45, 7) is 1.75. The number of sulfonamides is 1. The van der Waals surface area contributed by atoms with E-state index in [1.807, 2.05) is 0 Å². The zero-order valence-corrected chi connectivity index (χ0v) is 8.00. The van der Waals surface area contributed by atoms with Crippen molar-refractivity contribution in [3.63, 3.8) is 0 Å². The fourth-order valence-electron chi connectivity index (χ4n) is 1.18. The lowest BCUT2D eigenvalue weighted by atomic mass is 10.1. The van der Waals surface area contributed by atoms with E-state index in [9.17, 15) is 13.5 Å². The van der Waals surface area contributed by atoms with Crippen LogP contribution in [0.2, 0.25) is 0 Å². The summed E-state index contributed by atoms with van der Waals surface area (Å²) in [7, 11) is -3.73. The molecular weight excluding hydrogens is 190 g/mol. The highest BCUT2D eigenvalue weighted by Crippen LogP contribution is 2.24. The van der Waals surface area contributed by atoms with E-state index in [4.69, 9.17) is 5.14 Å². The van der Waals surface area contributed by atoms with E-state index in [0.29, 0.717) is 12.0 Å². The van der Waals surface area contributed by atoms with Gasteiger partial charge in [0, 0.05) is 5.56 Å². The van der Waals surface area contributed by atoms with Crippen molar-refractivity contribution in [1.29, 1.82) is 0 Å². The van der Waals surface area contributed by atoms with E-state index in [-0.39, 0.29) is 10.6 Å². The highest BCUT2D eigenvalue weighted by atomic mass is 32.2. The molecule has 0 radical (unpaired) electrons. The number of rotatable bonds is 2. The zero-order valence-electron chi connectivity index (χ0n) is 7.19. The molecule has 0 atom stereocenters. The van der Waals surface area contributed by atoms with Crippen molar-refractivity contribution in [3.8, 4) is 5.75 Å². The van der Waals surface area contributed by atoms with Gasteiger partial charge in [-0.15, -0.1) is 0 Å². The molecule has 0 spiro atoms. The van der Waals surface area contributed by atoms with E-state index in [1.54, 1.807) is 6.92 Å². The molecule has 0 fully saturated rings. The summed E-state index contributed by atoms with van der Waals surface area (Å²) < 4.78 is 22.1. The standard InChI is InChI=1S/C8H11NO3S/c1-2-6-7(10)4-3-5-8(6)13(9,11)12/h3-5,10H,2H2,1H3,(H2,9,11,12). The van der Waals surface area contributed by atoms with Crippen molar-refractivity contribution in [2.75, 3.05) is 0 Å². The smallest absolute Gasteiger partial charge is 0.238 e. The van der Waals surface area contributed by atoms with Gasteiger partial charge in [0.1, 0.15) is 5.75 Å². The van der Waals surface area contributed by atoms with Crippen LogP contribution in [0.3, 0.4) is 0 Å². The Balaban J connectivity index is 3.47. The van der Waals surface area contributed by atoms with Gasteiger partial charge in [0.05, 0.1) is 4.90 Å². The van der Waals surface area contributed by atoms with Crippen LogP contribution in [0.4, 0.5) is 0 Å². The molecule has 1 rings (SSSR count). The van der Waals surface area contributed by atoms with Crippen LogP contribution in [-0.4, -0.2) is 13.5 Å².